The first-order valence-electron chi connectivity index (χ1n) is 8.03. The number of hydrogen-bond donors (Lipinski definition) is 1. The van der Waals surface area contributed by atoms with E-state index >= 15 is 0 Å². The number of piperidine rings is 2. The van der Waals surface area contributed by atoms with Crippen LogP contribution in [-0.2, 0) is 0 Å². The van der Waals surface area contributed by atoms with E-state index in [4.69, 9.17) is 23.2 Å². The summed E-state index contributed by atoms with van der Waals surface area (Å²) in [5, 5.41) is 4.66. The van der Waals surface area contributed by atoms with Crippen molar-refractivity contribution in [1.82, 2.24) is 10.2 Å². The van der Waals surface area contributed by atoms with E-state index in [2.05, 4.69) is 10.2 Å². The van der Waals surface area contributed by atoms with E-state index in [9.17, 15) is 0 Å². The van der Waals surface area contributed by atoms with Crippen molar-refractivity contribution in [1.29, 1.82) is 0 Å². The van der Waals surface area contributed by atoms with Gasteiger partial charge in [-0.3, -0.25) is 0 Å². The van der Waals surface area contributed by atoms with Crippen LogP contribution in [0.4, 0.5) is 0 Å². The standard InChI is InChI=1S/C10H20N2.C7H6Cl2/c1-2-8-12(9-3-1)10-4-6-11-7-5-10;1-5-2-3-6(8)7(9)4-5/h10-11H,1-9H2;2-4H,1H3. The minimum atomic E-state index is 0.613. The van der Waals surface area contributed by atoms with E-state index in [0.29, 0.717) is 10.0 Å². The van der Waals surface area contributed by atoms with Crippen LogP contribution in [0.3, 0.4) is 0 Å². The first kappa shape index (κ1) is 17.1. The summed E-state index contributed by atoms with van der Waals surface area (Å²) in [5.74, 6) is 0. The second-order valence-electron chi connectivity index (χ2n) is 6.00. The Bertz CT molecular complexity index is 409. The summed E-state index contributed by atoms with van der Waals surface area (Å²) >= 11 is 11.3. The van der Waals surface area contributed by atoms with E-state index < -0.39 is 0 Å². The smallest absolute Gasteiger partial charge is 0.0594 e. The molecule has 4 heteroatoms. The number of benzene rings is 1. The van der Waals surface area contributed by atoms with Gasteiger partial charge in [-0.05, 0) is 76.5 Å². The number of likely N-dealkylation sites (tertiary alicyclic amines) is 1. The van der Waals surface area contributed by atoms with Gasteiger partial charge in [-0.1, -0.05) is 35.7 Å². The molecule has 2 heterocycles. The summed E-state index contributed by atoms with van der Waals surface area (Å²) < 4.78 is 0. The number of halogens is 2. The fourth-order valence-corrected chi connectivity index (χ4v) is 3.41. The Morgan fingerprint density at radius 2 is 1.67 bits per heavy atom. The molecule has 3 rings (SSSR count). The van der Waals surface area contributed by atoms with Gasteiger partial charge in [0.15, 0.2) is 0 Å². The molecule has 0 spiro atoms. The van der Waals surface area contributed by atoms with Crippen LogP contribution < -0.4 is 5.32 Å². The zero-order valence-corrected chi connectivity index (χ0v) is 14.4. The minimum absolute atomic E-state index is 0.613. The van der Waals surface area contributed by atoms with Gasteiger partial charge in [-0.15, -0.1) is 0 Å². The minimum Gasteiger partial charge on any atom is -0.317 e. The number of rotatable bonds is 1. The third kappa shape index (κ3) is 5.78. The lowest BCUT2D eigenvalue weighted by Gasteiger charge is -2.36. The van der Waals surface area contributed by atoms with E-state index in [1.807, 2.05) is 19.1 Å². The molecule has 0 radical (unpaired) electrons. The van der Waals surface area contributed by atoms with Crippen LogP contribution in [0.1, 0.15) is 37.7 Å². The van der Waals surface area contributed by atoms with E-state index in [0.717, 1.165) is 11.6 Å². The van der Waals surface area contributed by atoms with Crippen molar-refractivity contribution >= 4 is 23.2 Å². The highest BCUT2D eigenvalue weighted by Gasteiger charge is 2.21. The summed E-state index contributed by atoms with van der Waals surface area (Å²) in [5.41, 5.74) is 1.13. The second-order valence-corrected chi connectivity index (χ2v) is 6.81. The lowest BCUT2D eigenvalue weighted by atomic mass is 10.0. The van der Waals surface area contributed by atoms with Crippen molar-refractivity contribution < 1.29 is 0 Å². The summed E-state index contributed by atoms with van der Waals surface area (Å²) in [4.78, 5) is 2.71. The van der Waals surface area contributed by atoms with Gasteiger partial charge in [-0.2, -0.15) is 0 Å². The third-order valence-electron chi connectivity index (χ3n) is 4.29. The molecular formula is C17H26Cl2N2. The number of hydrogen-bond acceptors (Lipinski definition) is 2. The molecule has 2 nitrogen and oxygen atoms in total. The van der Waals surface area contributed by atoms with Crippen molar-refractivity contribution in [3.05, 3.63) is 33.8 Å². The van der Waals surface area contributed by atoms with Gasteiger partial charge in [0.05, 0.1) is 10.0 Å². The second kappa shape index (κ2) is 8.99. The molecule has 0 bridgehead atoms. The summed E-state index contributed by atoms with van der Waals surface area (Å²) in [6.45, 7) is 7.18. The molecule has 1 N–H and O–H groups in total. The molecule has 1 aromatic carbocycles. The molecule has 0 saturated carbocycles. The van der Waals surface area contributed by atoms with Gasteiger partial charge >= 0.3 is 0 Å². The quantitative estimate of drug-likeness (QED) is 0.814. The molecule has 2 aliphatic heterocycles. The first-order valence-corrected chi connectivity index (χ1v) is 8.79. The molecule has 0 atom stereocenters. The zero-order valence-electron chi connectivity index (χ0n) is 12.9. The van der Waals surface area contributed by atoms with Crippen LogP contribution in [-0.4, -0.2) is 37.1 Å². The molecule has 1 aromatic rings. The van der Waals surface area contributed by atoms with Crippen LogP contribution >= 0.6 is 23.2 Å². The average molecular weight is 329 g/mol. The van der Waals surface area contributed by atoms with Gasteiger partial charge < -0.3 is 10.2 Å². The first-order chi connectivity index (χ1) is 10.2. The highest BCUT2D eigenvalue weighted by Crippen LogP contribution is 2.21. The summed E-state index contributed by atoms with van der Waals surface area (Å²) in [7, 11) is 0. The van der Waals surface area contributed by atoms with Gasteiger partial charge in [-0.25, -0.2) is 0 Å². The number of aryl methyl sites for hydroxylation is 1. The Balaban J connectivity index is 0.000000161. The Kier molecular flexibility index (Phi) is 7.31. The predicted molar refractivity (Wildman–Crippen MR) is 92.5 cm³/mol. The normalized spacial score (nSPS) is 20.7. The van der Waals surface area contributed by atoms with Gasteiger partial charge in [0.1, 0.15) is 0 Å². The summed E-state index contributed by atoms with van der Waals surface area (Å²) in [6.07, 6.45) is 7.08. The maximum Gasteiger partial charge on any atom is 0.0594 e. The topological polar surface area (TPSA) is 15.3 Å². The Morgan fingerprint density at radius 3 is 2.24 bits per heavy atom. The molecule has 0 amide bonds. The van der Waals surface area contributed by atoms with Crippen molar-refractivity contribution in [2.24, 2.45) is 0 Å². The van der Waals surface area contributed by atoms with Crippen LogP contribution in [0.2, 0.25) is 10.0 Å². The van der Waals surface area contributed by atoms with Crippen LogP contribution in [0.25, 0.3) is 0 Å². The third-order valence-corrected chi connectivity index (χ3v) is 5.03. The maximum atomic E-state index is 5.68. The Labute approximate surface area is 138 Å². The molecule has 0 unspecified atom stereocenters. The molecule has 0 aliphatic carbocycles. The highest BCUT2D eigenvalue weighted by molar-refractivity contribution is 6.41. The van der Waals surface area contributed by atoms with Crippen molar-refractivity contribution in [3.8, 4) is 0 Å². The fraction of sp³-hybridized carbons (Fsp3) is 0.647. The van der Waals surface area contributed by atoms with Gasteiger partial charge in [0.25, 0.3) is 0 Å². The van der Waals surface area contributed by atoms with Crippen LogP contribution in [0.15, 0.2) is 18.2 Å². The monoisotopic (exact) mass is 328 g/mol. The SMILES string of the molecule is C1CCN(C2CCNCC2)CC1.Cc1ccc(Cl)c(Cl)c1. The van der Waals surface area contributed by atoms with Crippen LogP contribution in [0.5, 0.6) is 0 Å². The molecule has 2 fully saturated rings. The highest BCUT2D eigenvalue weighted by atomic mass is 35.5. The largest absolute Gasteiger partial charge is 0.317 e. The molecule has 21 heavy (non-hydrogen) atoms. The molecule has 0 aromatic heterocycles. The van der Waals surface area contributed by atoms with Gasteiger partial charge in [0.2, 0.25) is 0 Å². The molecule has 2 saturated heterocycles. The molecule has 2 aliphatic rings. The zero-order chi connectivity index (χ0) is 15.1. The van der Waals surface area contributed by atoms with E-state index in [-0.39, 0.29) is 0 Å². The van der Waals surface area contributed by atoms with E-state index in [1.165, 1.54) is 58.3 Å². The Morgan fingerprint density at radius 1 is 1.00 bits per heavy atom. The number of nitrogens with one attached hydrogen (secondary N) is 1. The number of nitrogens with zero attached hydrogens (tertiary/aromatic N) is 1. The molecular weight excluding hydrogens is 303 g/mol. The fourth-order valence-electron chi connectivity index (χ4n) is 3.06. The van der Waals surface area contributed by atoms with Crippen molar-refractivity contribution in [3.63, 3.8) is 0 Å². The predicted octanol–water partition coefficient (Wildman–Crippen LogP) is 4.53. The Hall–Kier alpha value is -0.280. The summed E-state index contributed by atoms with van der Waals surface area (Å²) in [6, 6.07) is 6.46. The lowest BCUT2D eigenvalue weighted by molar-refractivity contribution is 0.136. The van der Waals surface area contributed by atoms with Crippen molar-refractivity contribution in [2.75, 3.05) is 26.2 Å². The van der Waals surface area contributed by atoms with Crippen molar-refractivity contribution in [2.45, 2.75) is 45.1 Å². The van der Waals surface area contributed by atoms with Gasteiger partial charge in [0, 0.05) is 6.04 Å². The molecule has 118 valence electrons. The van der Waals surface area contributed by atoms with E-state index in [1.54, 1.807) is 6.07 Å². The maximum absolute atomic E-state index is 5.68. The average Bonchev–Trinajstić information content (AvgIpc) is 2.54. The van der Waals surface area contributed by atoms with Crippen LogP contribution in [0, 0.1) is 6.92 Å². The lowest BCUT2D eigenvalue weighted by Crippen LogP contribution is -2.45.